The maximum atomic E-state index is 4.14. The molecule has 5 fully saturated rings. The lowest BCUT2D eigenvalue weighted by Gasteiger charge is -2.59. The Labute approximate surface area is 125 Å². The first-order chi connectivity index (χ1) is 9.68. The largest absolute Gasteiger partial charge is 0.311 e. The molecule has 5 rings (SSSR count). The van der Waals surface area contributed by atoms with E-state index in [0.29, 0.717) is 5.41 Å². The van der Waals surface area contributed by atoms with Gasteiger partial charge in [0.15, 0.2) is 0 Å². The predicted octanol–water partition coefficient (Wildman–Crippen LogP) is 4.76. The standard InChI is InChI=1S/C19H33N/c1-3-17-5-4-6-18(17)20-13(2)19-10-14-7-15(11-19)9-16(8-14)12-19/h13-18,20H,3-12H2,1-2H3. The second-order valence-electron chi connectivity index (χ2n) is 8.87. The summed E-state index contributed by atoms with van der Waals surface area (Å²) in [6.45, 7) is 4.93. The monoisotopic (exact) mass is 275 g/mol. The van der Waals surface area contributed by atoms with Gasteiger partial charge in [0.2, 0.25) is 0 Å². The Morgan fingerprint density at radius 1 is 1.00 bits per heavy atom. The van der Waals surface area contributed by atoms with E-state index < -0.39 is 0 Å². The molecule has 0 heterocycles. The molecule has 3 atom stereocenters. The van der Waals surface area contributed by atoms with Crippen LogP contribution in [0.25, 0.3) is 0 Å². The summed E-state index contributed by atoms with van der Waals surface area (Å²) < 4.78 is 0. The fourth-order valence-corrected chi connectivity index (χ4v) is 6.95. The van der Waals surface area contributed by atoms with Crippen molar-refractivity contribution in [2.45, 2.75) is 90.1 Å². The van der Waals surface area contributed by atoms with Crippen molar-refractivity contribution in [3.8, 4) is 0 Å². The van der Waals surface area contributed by atoms with Crippen LogP contribution in [0.2, 0.25) is 0 Å². The molecule has 114 valence electrons. The zero-order valence-electron chi connectivity index (χ0n) is 13.5. The van der Waals surface area contributed by atoms with Crippen LogP contribution in [-0.4, -0.2) is 12.1 Å². The molecule has 0 amide bonds. The van der Waals surface area contributed by atoms with Gasteiger partial charge in [-0.25, -0.2) is 0 Å². The van der Waals surface area contributed by atoms with Crippen molar-refractivity contribution in [2.75, 3.05) is 0 Å². The van der Waals surface area contributed by atoms with Gasteiger partial charge in [-0.15, -0.1) is 0 Å². The van der Waals surface area contributed by atoms with Crippen LogP contribution in [0.1, 0.15) is 78.1 Å². The Bertz CT molecular complexity index is 325. The van der Waals surface area contributed by atoms with E-state index in [0.717, 1.165) is 35.8 Å². The SMILES string of the molecule is CCC1CCCC1NC(C)C12CC3CC(CC(C3)C1)C2. The molecular formula is C19H33N. The summed E-state index contributed by atoms with van der Waals surface area (Å²) >= 11 is 0. The summed E-state index contributed by atoms with van der Waals surface area (Å²) in [5.41, 5.74) is 0.690. The van der Waals surface area contributed by atoms with Gasteiger partial charge in [0, 0.05) is 12.1 Å². The van der Waals surface area contributed by atoms with Crippen molar-refractivity contribution in [1.29, 1.82) is 0 Å². The van der Waals surface area contributed by atoms with Crippen molar-refractivity contribution < 1.29 is 0 Å². The quantitative estimate of drug-likeness (QED) is 0.780. The third-order valence-corrected chi connectivity index (χ3v) is 7.65. The molecule has 3 unspecified atom stereocenters. The van der Waals surface area contributed by atoms with Gasteiger partial charge in [-0.1, -0.05) is 19.8 Å². The molecule has 1 heteroatoms. The number of hydrogen-bond acceptors (Lipinski definition) is 1. The molecule has 4 bridgehead atoms. The molecule has 5 aliphatic rings. The van der Waals surface area contributed by atoms with Crippen molar-refractivity contribution in [3.63, 3.8) is 0 Å². The van der Waals surface area contributed by atoms with Crippen LogP contribution in [0.3, 0.4) is 0 Å². The third-order valence-electron chi connectivity index (χ3n) is 7.65. The average molecular weight is 275 g/mol. The Kier molecular flexibility index (Phi) is 3.41. The summed E-state index contributed by atoms with van der Waals surface area (Å²) in [6, 6.07) is 1.61. The molecule has 20 heavy (non-hydrogen) atoms. The number of rotatable bonds is 4. The van der Waals surface area contributed by atoms with Gasteiger partial charge < -0.3 is 5.32 Å². The molecule has 0 aromatic heterocycles. The Morgan fingerprint density at radius 2 is 1.60 bits per heavy atom. The van der Waals surface area contributed by atoms with Crippen LogP contribution in [0.5, 0.6) is 0 Å². The minimum Gasteiger partial charge on any atom is -0.311 e. The maximum Gasteiger partial charge on any atom is 0.00982 e. The van der Waals surface area contributed by atoms with Crippen LogP contribution in [0.15, 0.2) is 0 Å². The third kappa shape index (κ3) is 2.16. The molecule has 0 saturated heterocycles. The molecule has 5 saturated carbocycles. The Hall–Kier alpha value is -0.0400. The first-order valence-electron chi connectivity index (χ1n) is 9.44. The lowest BCUT2D eigenvalue weighted by molar-refractivity contribution is -0.0728. The van der Waals surface area contributed by atoms with Crippen LogP contribution >= 0.6 is 0 Å². The minimum atomic E-state index is 0.690. The lowest BCUT2D eigenvalue weighted by atomic mass is 9.48. The van der Waals surface area contributed by atoms with E-state index in [9.17, 15) is 0 Å². The van der Waals surface area contributed by atoms with Crippen molar-refractivity contribution in [3.05, 3.63) is 0 Å². The zero-order chi connectivity index (χ0) is 13.7. The summed E-state index contributed by atoms with van der Waals surface area (Å²) in [5.74, 6) is 4.24. The van der Waals surface area contributed by atoms with E-state index in [2.05, 4.69) is 19.2 Å². The first kappa shape index (κ1) is 13.6. The highest BCUT2D eigenvalue weighted by atomic mass is 15.0. The lowest BCUT2D eigenvalue weighted by Crippen LogP contribution is -2.56. The topological polar surface area (TPSA) is 12.0 Å². The minimum absolute atomic E-state index is 0.690. The highest BCUT2D eigenvalue weighted by molar-refractivity contribution is 5.06. The number of hydrogen-bond donors (Lipinski definition) is 1. The van der Waals surface area contributed by atoms with E-state index in [1.165, 1.54) is 25.7 Å². The van der Waals surface area contributed by atoms with E-state index in [1.807, 2.05) is 0 Å². The van der Waals surface area contributed by atoms with Gasteiger partial charge in [0.1, 0.15) is 0 Å². The van der Waals surface area contributed by atoms with Gasteiger partial charge in [-0.3, -0.25) is 0 Å². The van der Waals surface area contributed by atoms with Crippen LogP contribution in [-0.2, 0) is 0 Å². The smallest absolute Gasteiger partial charge is 0.00982 e. The predicted molar refractivity (Wildman–Crippen MR) is 84.6 cm³/mol. The second-order valence-corrected chi connectivity index (χ2v) is 8.87. The fourth-order valence-electron chi connectivity index (χ4n) is 6.95. The molecule has 0 aliphatic heterocycles. The van der Waals surface area contributed by atoms with Gasteiger partial charge in [0.25, 0.3) is 0 Å². The molecule has 0 radical (unpaired) electrons. The van der Waals surface area contributed by atoms with Crippen LogP contribution < -0.4 is 5.32 Å². The van der Waals surface area contributed by atoms with Gasteiger partial charge >= 0.3 is 0 Å². The molecule has 1 nitrogen and oxygen atoms in total. The highest BCUT2D eigenvalue weighted by Crippen LogP contribution is 2.61. The molecular weight excluding hydrogens is 242 g/mol. The van der Waals surface area contributed by atoms with Gasteiger partial charge in [-0.05, 0) is 87.4 Å². The zero-order valence-corrected chi connectivity index (χ0v) is 13.5. The average Bonchev–Trinajstić information content (AvgIpc) is 2.84. The van der Waals surface area contributed by atoms with Crippen LogP contribution in [0, 0.1) is 29.1 Å². The molecule has 0 spiro atoms. The molecule has 0 aromatic rings. The summed E-state index contributed by atoms with van der Waals surface area (Å²) in [4.78, 5) is 0. The normalized spacial score (nSPS) is 51.6. The van der Waals surface area contributed by atoms with Crippen molar-refractivity contribution in [1.82, 2.24) is 5.32 Å². The second kappa shape index (κ2) is 5.00. The van der Waals surface area contributed by atoms with E-state index >= 15 is 0 Å². The molecule has 1 N–H and O–H groups in total. The first-order valence-corrected chi connectivity index (χ1v) is 9.44. The van der Waals surface area contributed by atoms with E-state index in [4.69, 9.17) is 0 Å². The summed E-state index contributed by atoms with van der Waals surface area (Å²) in [6.07, 6.45) is 15.1. The van der Waals surface area contributed by atoms with Crippen molar-refractivity contribution in [2.24, 2.45) is 29.1 Å². The van der Waals surface area contributed by atoms with Gasteiger partial charge in [0.05, 0.1) is 0 Å². The maximum absolute atomic E-state index is 4.14. The van der Waals surface area contributed by atoms with Crippen molar-refractivity contribution >= 4 is 0 Å². The highest BCUT2D eigenvalue weighted by Gasteiger charge is 2.53. The fraction of sp³-hybridized carbons (Fsp3) is 1.00. The summed E-state index contributed by atoms with van der Waals surface area (Å²) in [5, 5.41) is 4.14. The van der Waals surface area contributed by atoms with E-state index in [-0.39, 0.29) is 0 Å². The van der Waals surface area contributed by atoms with Crippen LogP contribution in [0.4, 0.5) is 0 Å². The summed E-state index contributed by atoms with van der Waals surface area (Å²) in [7, 11) is 0. The van der Waals surface area contributed by atoms with E-state index in [1.54, 1.807) is 38.5 Å². The van der Waals surface area contributed by atoms with Gasteiger partial charge in [-0.2, -0.15) is 0 Å². The molecule has 5 aliphatic carbocycles. The molecule has 0 aromatic carbocycles. The Morgan fingerprint density at radius 3 is 2.15 bits per heavy atom. The number of nitrogens with one attached hydrogen (secondary N) is 1. The Balaban J connectivity index is 1.46.